The Bertz CT molecular complexity index is 536. The summed E-state index contributed by atoms with van der Waals surface area (Å²) < 4.78 is 2.09. The van der Waals surface area contributed by atoms with Gasteiger partial charge in [-0.3, -0.25) is 4.79 Å². The predicted octanol–water partition coefficient (Wildman–Crippen LogP) is 2.17. The van der Waals surface area contributed by atoms with Crippen molar-refractivity contribution in [3.63, 3.8) is 0 Å². The van der Waals surface area contributed by atoms with E-state index in [0.717, 1.165) is 24.0 Å². The van der Waals surface area contributed by atoms with E-state index < -0.39 is 5.38 Å². The van der Waals surface area contributed by atoms with Gasteiger partial charge in [-0.1, -0.05) is 12.1 Å². The van der Waals surface area contributed by atoms with Gasteiger partial charge in [0.15, 0.2) is 0 Å². The number of hydrogen-bond donors (Lipinski definition) is 1. The van der Waals surface area contributed by atoms with Gasteiger partial charge in [-0.25, -0.2) is 4.98 Å². The average Bonchev–Trinajstić information content (AvgIpc) is 2.77. The molecule has 0 aliphatic heterocycles. The Kier molecular flexibility index (Phi) is 4.20. The number of para-hydroxylation sites is 2. The maximum absolute atomic E-state index is 11.3. The summed E-state index contributed by atoms with van der Waals surface area (Å²) in [4.78, 5) is 15.6. The van der Waals surface area contributed by atoms with Crippen LogP contribution in [0.2, 0.25) is 0 Å². The van der Waals surface area contributed by atoms with E-state index in [4.69, 9.17) is 11.6 Å². The minimum atomic E-state index is -0.473. The van der Waals surface area contributed by atoms with Gasteiger partial charge in [0.25, 0.3) is 0 Å². The number of alkyl halides is 1. The van der Waals surface area contributed by atoms with Crippen molar-refractivity contribution in [3.8, 4) is 0 Å². The second kappa shape index (κ2) is 5.87. The van der Waals surface area contributed by atoms with E-state index in [9.17, 15) is 4.79 Å². The lowest BCUT2D eigenvalue weighted by Crippen LogP contribution is -2.30. The molecular weight excluding hydrogens is 250 g/mol. The predicted molar refractivity (Wildman–Crippen MR) is 72.7 cm³/mol. The summed E-state index contributed by atoms with van der Waals surface area (Å²) in [5.74, 6) is -0.118. The number of aryl methyl sites for hydroxylation is 1. The van der Waals surface area contributed by atoms with E-state index in [0.29, 0.717) is 6.54 Å². The third-order valence-electron chi connectivity index (χ3n) is 2.76. The average molecular weight is 266 g/mol. The lowest BCUT2D eigenvalue weighted by molar-refractivity contribution is -0.120. The van der Waals surface area contributed by atoms with Gasteiger partial charge < -0.3 is 9.88 Å². The van der Waals surface area contributed by atoms with Crippen molar-refractivity contribution in [1.82, 2.24) is 14.9 Å². The lowest BCUT2D eigenvalue weighted by atomic mass is 10.3. The van der Waals surface area contributed by atoms with E-state index in [2.05, 4.69) is 14.9 Å². The zero-order valence-electron chi connectivity index (χ0n) is 10.3. The molecule has 1 unspecified atom stereocenters. The highest BCUT2D eigenvalue weighted by molar-refractivity contribution is 6.30. The maximum Gasteiger partial charge on any atom is 0.237 e. The molecule has 4 nitrogen and oxygen atoms in total. The first-order chi connectivity index (χ1) is 8.68. The summed E-state index contributed by atoms with van der Waals surface area (Å²) in [7, 11) is 0. The molecule has 0 saturated carbocycles. The van der Waals surface area contributed by atoms with Crippen molar-refractivity contribution >= 4 is 28.5 Å². The molecule has 0 saturated heterocycles. The molecule has 0 aliphatic carbocycles. The van der Waals surface area contributed by atoms with Crippen LogP contribution < -0.4 is 5.32 Å². The van der Waals surface area contributed by atoms with E-state index in [1.807, 2.05) is 30.6 Å². The lowest BCUT2D eigenvalue weighted by Gasteiger charge is -2.07. The maximum atomic E-state index is 11.3. The molecule has 1 aromatic heterocycles. The fourth-order valence-electron chi connectivity index (χ4n) is 1.79. The van der Waals surface area contributed by atoms with Crippen LogP contribution in [-0.2, 0) is 11.3 Å². The molecule has 18 heavy (non-hydrogen) atoms. The molecule has 2 rings (SSSR count). The molecule has 1 amide bonds. The molecule has 0 fully saturated rings. The minimum absolute atomic E-state index is 0.118. The molecule has 0 spiro atoms. The first-order valence-corrected chi connectivity index (χ1v) is 6.44. The quantitative estimate of drug-likeness (QED) is 0.665. The highest BCUT2D eigenvalue weighted by Crippen LogP contribution is 2.11. The Morgan fingerprint density at radius 1 is 1.50 bits per heavy atom. The largest absolute Gasteiger partial charge is 0.355 e. The number of benzene rings is 1. The number of carbonyl (C=O) groups excluding carboxylic acids is 1. The van der Waals surface area contributed by atoms with Crippen LogP contribution in [0.3, 0.4) is 0 Å². The fourth-order valence-corrected chi connectivity index (χ4v) is 1.87. The summed E-state index contributed by atoms with van der Waals surface area (Å²) in [6, 6.07) is 8.00. The Balaban J connectivity index is 1.85. The number of halogens is 1. The molecule has 0 radical (unpaired) electrons. The third-order valence-corrected chi connectivity index (χ3v) is 2.96. The standard InChI is InChI=1S/C13H16ClN3O/c1-10(14)13(18)15-7-4-8-17-9-16-11-5-2-3-6-12(11)17/h2-3,5-6,9-10H,4,7-8H2,1H3,(H,15,18). The minimum Gasteiger partial charge on any atom is -0.355 e. The van der Waals surface area contributed by atoms with Crippen LogP contribution in [0.15, 0.2) is 30.6 Å². The van der Waals surface area contributed by atoms with Crippen molar-refractivity contribution in [2.45, 2.75) is 25.3 Å². The zero-order chi connectivity index (χ0) is 13.0. The van der Waals surface area contributed by atoms with Gasteiger partial charge in [-0.05, 0) is 25.5 Å². The van der Waals surface area contributed by atoms with E-state index in [-0.39, 0.29) is 5.91 Å². The van der Waals surface area contributed by atoms with Crippen molar-refractivity contribution in [3.05, 3.63) is 30.6 Å². The number of carbonyl (C=O) groups is 1. The number of hydrogen-bond acceptors (Lipinski definition) is 2. The van der Waals surface area contributed by atoms with Crippen LogP contribution in [0.25, 0.3) is 11.0 Å². The molecule has 96 valence electrons. The second-order valence-corrected chi connectivity index (χ2v) is 4.84. The molecule has 1 N–H and O–H groups in total. The van der Waals surface area contributed by atoms with Crippen LogP contribution in [0.5, 0.6) is 0 Å². The SMILES string of the molecule is CC(Cl)C(=O)NCCCn1cnc2ccccc21. The van der Waals surface area contributed by atoms with Crippen LogP contribution in [0, 0.1) is 0 Å². The number of nitrogens with zero attached hydrogens (tertiary/aromatic N) is 2. The summed E-state index contributed by atoms with van der Waals surface area (Å²) in [6.45, 7) is 3.13. The molecular formula is C13H16ClN3O. The normalized spacial score (nSPS) is 12.6. The van der Waals surface area contributed by atoms with Crippen LogP contribution in [0.4, 0.5) is 0 Å². The van der Waals surface area contributed by atoms with Crippen molar-refractivity contribution in [2.24, 2.45) is 0 Å². The Morgan fingerprint density at radius 3 is 3.06 bits per heavy atom. The van der Waals surface area contributed by atoms with Crippen LogP contribution >= 0.6 is 11.6 Å². The number of fused-ring (bicyclic) bond motifs is 1. The van der Waals surface area contributed by atoms with E-state index >= 15 is 0 Å². The monoisotopic (exact) mass is 265 g/mol. The molecule has 1 atom stereocenters. The topological polar surface area (TPSA) is 46.9 Å². The number of nitrogens with one attached hydrogen (secondary N) is 1. The van der Waals surface area contributed by atoms with Gasteiger partial charge >= 0.3 is 0 Å². The second-order valence-electron chi connectivity index (χ2n) is 4.19. The van der Waals surface area contributed by atoms with Crippen molar-refractivity contribution in [2.75, 3.05) is 6.54 Å². The van der Waals surface area contributed by atoms with Crippen molar-refractivity contribution in [1.29, 1.82) is 0 Å². The van der Waals surface area contributed by atoms with Gasteiger partial charge in [0.1, 0.15) is 5.38 Å². The fraction of sp³-hybridized carbons (Fsp3) is 0.385. The summed E-state index contributed by atoms with van der Waals surface area (Å²) in [5.41, 5.74) is 2.12. The highest BCUT2D eigenvalue weighted by Gasteiger charge is 2.07. The molecule has 0 bridgehead atoms. The number of imidazole rings is 1. The number of amides is 1. The van der Waals surface area contributed by atoms with E-state index in [1.165, 1.54) is 0 Å². The number of rotatable bonds is 5. The number of aromatic nitrogens is 2. The van der Waals surface area contributed by atoms with Gasteiger partial charge in [-0.2, -0.15) is 0 Å². The third kappa shape index (κ3) is 3.01. The first-order valence-electron chi connectivity index (χ1n) is 6.00. The molecule has 5 heteroatoms. The highest BCUT2D eigenvalue weighted by atomic mass is 35.5. The van der Waals surface area contributed by atoms with Gasteiger partial charge in [0.05, 0.1) is 17.4 Å². The van der Waals surface area contributed by atoms with E-state index in [1.54, 1.807) is 6.92 Å². The molecule has 1 aromatic carbocycles. The van der Waals surface area contributed by atoms with Gasteiger partial charge in [0.2, 0.25) is 5.91 Å². The van der Waals surface area contributed by atoms with Gasteiger partial charge in [-0.15, -0.1) is 11.6 Å². The Labute approximate surface area is 111 Å². The summed E-state index contributed by atoms with van der Waals surface area (Å²) in [6.07, 6.45) is 2.69. The van der Waals surface area contributed by atoms with Crippen LogP contribution in [-0.4, -0.2) is 27.4 Å². The summed E-state index contributed by atoms with van der Waals surface area (Å²) in [5, 5.41) is 2.31. The zero-order valence-corrected chi connectivity index (χ0v) is 11.0. The smallest absolute Gasteiger partial charge is 0.237 e. The Hall–Kier alpha value is -1.55. The summed E-state index contributed by atoms with van der Waals surface area (Å²) >= 11 is 5.66. The molecule has 2 aromatic rings. The molecule has 0 aliphatic rings. The Morgan fingerprint density at radius 2 is 2.28 bits per heavy atom. The van der Waals surface area contributed by atoms with Gasteiger partial charge in [0, 0.05) is 13.1 Å². The van der Waals surface area contributed by atoms with Crippen molar-refractivity contribution < 1.29 is 4.79 Å². The van der Waals surface area contributed by atoms with Crippen LogP contribution in [0.1, 0.15) is 13.3 Å². The first kappa shape index (κ1) is 12.9. The molecule has 1 heterocycles.